The molecule has 0 unspecified atom stereocenters. The van der Waals surface area contributed by atoms with Gasteiger partial charge in [-0.25, -0.2) is 4.39 Å². The molecule has 1 aromatic rings. The van der Waals surface area contributed by atoms with Crippen LogP contribution in [0.2, 0.25) is 5.02 Å². The van der Waals surface area contributed by atoms with Crippen molar-refractivity contribution in [2.45, 2.75) is 32.1 Å². The van der Waals surface area contributed by atoms with E-state index in [1.54, 1.807) is 0 Å². The third-order valence-electron chi connectivity index (χ3n) is 3.75. The van der Waals surface area contributed by atoms with Gasteiger partial charge in [0.25, 0.3) is 5.91 Å². The van der Waals surface area contributed by atoms with Crippen LogP contribution in [0.15, 0.2) is 18.2 Å². The summed E-state index contributed by atoms with van der Waals surface area (Å²) in [5, 5.41) is 2.75. The van der Waals surface area contributed by atoms with Crippen molar-refractivity contribution in [3.8, 4) is 0 Å². The number of carbonyl (C=O) groups excluding carboxylic acids is 2. The summed E-state index contributed by atoms with van der Waals surface area (Å²) in [5.41, 5.74) is -0.130. The quantitative estimate of drug-likeness (QED) is 0.846. The van der Waals surface area contributed by atoms with Crippen molar-refractivity contribution >= 4 is 23.4 Å². The molecule has 4 nitrogen and oxygen atoms in total. The maximum absolute atomic E-state index is 13.6. The Balaban J connectivity index is 1.79. The van der Waals surface area contributed by atoms with Crippen LogP contribution in [0.5, 0.6) is 0 Å². The molecule has 0 saturated carbocycles. The van der Waals surface area contributed by atoms with Gasteiger partial charge in [-0.05, 0) is 31.4 Å². The molecule has 1 aliphatic heterocycles. The van der Waals surface area contributed by atoms with Crippen molar-refractivity contribution in [1.29, 1.82) is 0 Å². The zero-order valence-corrected chi connectivity index (χ0v) is 13.2. The van der Waals surface area contributed by atoms with Gasteiger partial charge in [0.2, 0.25) is 5.91 Å². The number of halogens is 2. The number of nitrogens with zero attached hydrogens (tertiary/aromatic N) is 1. The number of hydrogen-bond donors (Lipinski definition) is 1. The first-order valence-corrected chi connectivity index (χ1v) is 7.97. The second-order valence-corrected chi connectivity index (χ2v) is 5.80. The van der Waals surface area contributed by atoms with Gasteiger partial charge in [0, 0.05) is 26.1 Å². The van der Waals surface area contributed by atoms with Gasteiger partial charge in [-0.3, -0.25) is 9.59 Å². The highest BCUT2D eigenvalue weighted by atomic mass is 35.5. The fourth-order valence-corrected chi connectivity index (χ4v) is 2.80. The van der Waals surface area contributed by atoms with Gasteiger partial charge in [0.1, 0.15) is 5.82 Å². The van der Waals surface area contributed by atoms with Crippen molar-refractivity contribution < 1.29 is 14.0 Å². The van der Waals surface area contributed by atoms with Gasteiger partial charge in [-0.2, -0.15) is 0 Å². The monoisotopic (exact) mass is 326 g/mol. The largest absolute Gasteiger partial charge is 0.352 e. The predicted octanol–water partition coefficient (Wildman–Crippen LogP) is 3.00. The Hall–Kier alpha value is -1.62. The van der Waals surface area contributed by atoms with E-state index in [9.17, 15) is 14.0 Å². The van der Waals surface area contributed by atoms with Crippen LogP contribution in [0.3, 0.4) is 0 Å². The zero-order valence-electron chi connectivity index (χ0n) is 12.4. The lowest BCUT2D eigenvalue weighted by Gasteiger charge is -2.20. The highest BCUT2D eigenvalue weighted by Gasteiger charge is 2.17. The lowest BCUT2D eigenvalue weighted by atomic mass is 10.2. The summed E-state index contributed by atoms with van der Waals surface area (Å²) in [4.78, 5) is 25.6. The summed E-state index contributed by atoms with van der Waals surface area (Å²) in [5.74, 6) is -0.973. The Morgan fingerprint density at radius 2 is 2.14 bits per heavy atom. The Kier molecular flexibility index (Phi) is 6.19. The average Bonchev–Trinajstić information content (AvgIpc) is 2.68. The van der Waals surface area contributed by atoms with E-state index in [4.69, 9.17) is 11.6 Å². The molecule has 22 heavy (non-hydrogen) atoms. The molecule has 2 amide bonds. The van der Waals surface area contributed by atoms with Crippen LogP contribution in [-0.2, 0) is 4.79 Å². The van der Waals surface area contributed by atoms with Crippen molar-refractivity contribution in [3.05, 3.63) is 34.6 Å². The number of nitrogens with one attached hydrogen (secondary N) is 1. The Labute approximate surface area is 134 Å². The molecular weight excluding hydrogens is 307 g/mol. The van der Waals surface area contributed by atoms with Crippen molar-refractivity contribution in [2.24, 2.45) is 0 Å². The normalized spacial score (nSPS) is 15.5. The summed E-state index contributed by atoms with van der Waals surface area (Å²) in [6, 6.07) is 4.14. The summed E-state index contributed by atoms with van der Waals surface area (Å²) in [6.45, 7) is 1.78. The summed E-state index contributed by atoms with van der Waals surface area (Å²) in [6.07, 6.45) is 4.33. The minimum atomic E-state index is -0.632. The van der Waals surface area contributed by atoms with Crippen molar-refractivity contribution in [1.82, 2.24) is 10.2 Å². The lowest BCUT2D eigenvalue weighted by molar-refractivity contribution is -0.130. The molecule has 1 saturated heterocycles. The zero-order chi connectivity index (χ0) is 15.9. The molecule has 0 atom stereocenters. The molecule has 0 bridgehead atoms. The molecule has 120 valence electrons. The number of carbonyl (C=O) groups is 2. The van der Waals surface area contributed by atoms with E-state index in [2.05, 4.69) is 5.32 Å². The second kappa shape index (κ2) is 8.13. The van der Waals surface area contributed by atoms with Crippen LogP contribution in [-0.4, -0.2) is 36.3 Å². The smallest absolute Gasteiger partial charge is 0.255 e. The van der Waals surface area contributed by atoms with E-state index in [0.717, 1.165) is 25.8 Å². The minimum Gasteiger partial charge on any atom is -0.352 e. The summed E-state index contributed by atoms with van der Waals surface area (Å²) < 4.78 is 13.6. The van der Waals surface area contributed by atoms with E-state index >= 15 is 0 Å². The second-order valence-electron chi connectivity index (χ2n) is 5.40. The summed E-state index contributed by atoms with van der Waals surface area (Å²) in [7, 11) is 0. The Morgan fingerprint density at radius 1 is 1.32 bits per heavy atom. The molecule has 0 spiro atoms. The predicted molar refractivity (Wildman–Crippen MR) is 83.4 cm³/mol. The minimum absolute atomic E-state index is 0.0974. The third kappa shape index (κ3) is 4.44. The first-order chi connectivity index (χ1) is 10.6. The fraction of sp³-hybridized carbons (Fsp3) is 0.500. The SMILES string of the molecule is O=C(NCCCN1CCCCCC1=O)c1c(F)cccc1Cl. The van der Waals surface area contributed by atoms with E-state index in [-0.39, 0.29) is 16.5 Å². The van der Waals surface area contributed by atoms with Crippen LogP contribution in [0.4, 0.5) is 4.39 Å². The number of rotatable bonds is 5. The molecule has 1 aliphatic rings. The van der Waals surface area contributed by atoms with E-state index in [1.807, 2.05) is 4.90 Å². The molecule has 1 N–H and O–H groups in total. The summed E-state index contributed by atoms with van der Waals surface area (Å²) >= 11 is 5.84. The van der Waals surface area contributed by atoms with E-state index in [0.29, 0.717) is 25.9 Å². The average molecular weight is 327 g/mol. The number of hydrogen-bond acceptors (Lipinski definition) is 2. The van der Waals surface area contributed by atoms with Gasteiger partial charge in [0.05, 0.1) is 10.6 Å². The molecule has 1 fully saturated rings. The van der Waals surface area contributed by atoms with Crippen LogP contribution >= 0.6 is 11.6 Å². The number of amides is 2. The van der Waals surface area contributed by atoms with Gasteiger partial charge in [-0.1, -0.05) is 24.1 Å². The number of likely N-dealkylation sites (tertiary alicyclic amines) is 1. The van der Waals surface area contributed by atoms with Crippen LogP contribution in [0.25, 0.3) is 0 Å². The highest BCUT2D eigenvalue weighted by Crippen LogP contribution is 2.18. The topological polar surface area (TPSA) is 49.4 Å². The molecule has 1 heterocycles. The molecule has 0 radical (unpaired) electrons. The first-order valence-electron chi connectivity index (χ1n) is 7.59. The lowest BCUT2D eigenvalue weighted by Crippen LogP contribution is -2.34. The standard InChI is InChI=1S/C16H20ClFN2O2/c17-12-6-4-7-13(18)15(12)16(22)19-9-5-11-20-10-3-1-2-8-14(20)21/h4,6-7H,1-3,5,8-11H2,(H,19,22). The molecule has 0 aliphatic carbocycles. The van der Waals surface area contributed by atoms with Gasteiger partial charge < -0.3 is 10.2 Å². The van der Waals surface area contributed by atoms with Gasteiger partial charge in [0.15, 0.2) is 0 Å². The molecule has 2 rings (SSSR count). The molecular formula is C16H20ClFN2O2. The Morgan fingerprint density at radius 3 is 2.91 bits per heavy atom. The third-order valence-corrected chi connectivity index (χ3v) is 4.07. The molecule has 1 aromatic carbocycles. The van der Waals surface area contributed by atoms with Crippen molar-refractivity contribution in [3.63, 3.8) is 0 Å². The molecule has 6 heteroatoms. The maximum Gasteiger partial charge on any atom is 0.255 e. The van der Waals surface area contributed by atoms with Crippen molar-refractivity contribution in [2.75, 3.05) is 19.6 Å². The van der Waals surface area contributed by atoms with Crippen LogP contribution < -0.4 is 5.32 Å². The van der Waals surface area contributed by atoms with E-state index < -0.39 is 11.7 Å². The maximum atomic E-state index is 13.6. The van der Waals surface area contributed by atoms with Gasteiger partial charge in [-0.15, -0.1) is 0 Å². The first kappa shape index (κ1) is 16.7. The Bertz CT molecular complexity index is 531. The van der Waals surface area contributed by atoms with Crippen LogP contribution in [0, 0.1) is 5.82 Å². The molecule has 0 aromatic heterocycles. The van der Waals surface area contributed by atoms with Crippen LogP contribution in [0.1, 0.15) is 42.5 Å². The van der Waals surface area contributed by atoms with Gasteiger partial charge >= 0.3 is 0 Å². The fourth-order valence-electron chi connectivity index (χ4n) is 2.55. The highest BCUT2D eigenvalue weighted by molar-refractivity contribution is 6.33. The van der Waals surface area contributed by atoms with E-state index in [1.165, 1.54) is 18.2 Å². The number of benzene rings is 1.